The molecule has 0 aromatic heterocycles. The van der Waals surface area contributed by atoms with Gasteiger partial charge in [-0.1, -0.05) is 23.7 Å². The molecule has 128 valence electrons. The van der Waals surface area contributed by atoms with Crippen LogP contribution in [0.5, 0.6) is 0 Å². The predicted octanol–water partition coefficient (Wildman–Crippen LogP) is 1.57. The second-order valence-electron chi connectivity index (χ2n) is 6.65. The van der Waals surface area contributed by atoms with Gasteiger partial charge in [-0.15, -0.1) is 12.4 Å². The Hall–Kier alpha value is -0.850. The van der Waals surface area contributed by atoms with Crippen LogP contribution in [0, 0.1) is 5.92 Å². The Morgan fingerprint density at radius 1 is 1.35 bits per heavy atom. The van der Waals surface area contributed by atoms with Crippen molar-refractivity contribution in [3.8, 4) is 0 Å². The molecule has 23 heavy (non-hydrogen) atoms. The lowest BCUT2D eigenvalue weighted by Crippen LogP contribution is -2.53. The van der Waals surface area contributed by atoms with Crippen molar-refractivity contribution >= 4 is 29.9 Å². The van der Waals surface area contributed by atoms with Crippen LogP contribution in [0.4, 0.5) is 0 Å². The minimum Gasteiger partial charge on any atom is -0.346 e. The molecule has 1 amide bonds. The van der Waals surface area contributed by atoms with Crippen molar-refractivity contribution in [3.63, 3.8) is 0 Å². The number of carbonyl (C=O) groups excluding carboxylic acids is 1. The van der Waals surface area contributed by atoms with Crippen molar-refractivity contribution in [2.45, 2.75) is 37.9 Å². The normalized spacial score (nSPS) is 27.0. The lowest BCUT2D eigenvalue weighted by molar-refractivity contribution is -0.125. The monoisotopic (exact) mass is 358 g/mol. The molecule has 0 bridgehead atoms. The second-order valence-corrected chi connectivity index (χ2v) is 7.09. The van der Waals surface area contributed by atoms with E-state index in [9.17, 15) is 4.79 Å². The van der Waals surface area contributed by atoms with E-state index >= 15 is 0 Å². The Bertz CT molecular complexity index is 567. The predicted molar refractivity (Wildman–Crippen MR) is 94.7 cm³/mol. The van der Waals surface area contributed by atoms with Crippen molar-refractivity contribution in [2.75, 3.05) is 13.1 Å². The topological polar surface area (TPSA) is 65.2 Å². The molecule has 3 unspecified atom stereocenters. The Labute approximate surface area is 148 Å². The van der Waals surface area contributed by atoms with E-state index in [4.69, 9.17) is 11.6 Å². The van der Waals surface area contributed by atoms with Gasteiger partial charge in [-0.2, -0.15) is 0 Å². The van der Waals surface area contributed by atoms with E-state index in [1.807, 2.05) is 38.1 Å². The number of hydrogen-bond acceptors (Lipinski definition) is 4. The minimum absolute atomic E-state index is 0. The van der Waals surface area contributed by atoms with Crippen molar-refractivity contribution in [1.82, 2.24) is 21.5 Å². The van der Waals surface area contributed by atoms with E-state index in [2.05, 4.69) is 21.5 Å². The van der Waals surface area contributed by atoms with Crippen LogP contribution in [-0.2, 0) is 10.3 Å². The highest BCUT2D eigenvalue weighted by molar-refractivity contribution is 6.30. The van der Waals surface area contributed by atoms with Gasteiger partial charge >= 0.3 is 0 Å². The highest BCUT2D eigenvalue weighted by Gasteiger charge is 2.42. The summed E-state index contributed by atoms with van der Waals surface area (Å²) < 4.78 is 0. The number of hydrazine groups is 1. The van der Waals surface area contributed by atoms with Gasteiger partial charge in [0.25, 0.3) is 0 Å². The molecule has 1 aromatic rings. The van der Waals surface area contributed by atoms with Gasteiger partial charge in [0.15, 0.2) is 0 Å². The van der Waals surface area contributed by atoms with Crippen LogP contribution in [-0.4, -0.2) is 31.1 Å². The van der Waals surface area contributed by atoms with E-state index in [0.29, 0.717) is 11.1 Å². The summed E-state index contributed by atoms with van der Waals surface area (Å²) in [7, 11) is 0. The third kappa shape index (κ3) is 3.98. The Balaban J connectivity index is 0.00000192. The van der Waals surface area contributed by atoms with Gasteiger partial charge in [-0.25, -0.2) is 5.43 Å². The Kier molecular flexibility index (Phi) is 5.92. The quantitative estimate of drug-likeness (QED) is 0.662. The van der Waals surface area contributed by atoms with Crippen molar-refractivity contribution < 1.29 is 4.79 Å². The molecule has 0 aliphatic carbocycles. The smallest absolute Gasteiger partial charge is 0.239 e. The maximum Gasteiger partial charge on any atom is 0.239 e. The Morgan fingerprint density at radius 2 is 2.13 bits per heavy atom. The van der Waals surface area contributed by atoms with Gasteiger partial charge in [0.2, 0.25) is 5.91 Å². The fourth-order valence-electron chi connectivity index (χ4n) is 3.31. The van der Waals surface area contributed by atoms with Crippen LogP contribution < -0.4 is 21.5 Å². The molecular weight excluding hydrogens is 335 g/mol. The fourth-order valence-corrected chi connectivity index (χ4v) is 3.50. The van der Waals surface area contributed by atoms with Crippen LogP contribution in [0.3, 0.4) is 0 Å². The SMILES string of the molecule is CC(C)(NC(=O)C1NNC2CCNCC21)c1cccc(Cl)c1.Cl. The maximum atomic E-state index is 12.7. The van der Waals surface area contributed by atoms with Crippen LogP contribution in [0.1, 0.15) is 25.8 Å². The summed E-state index contributed by atoms with van der Waals surface area (Å²) in [5.74, 6) is 0.303. The molecule has 5 nitrogen and oxygen atoms in total. The van der Waals surface area contributed by atoms with Crippen molar-refractivity contribution in [3.05, 3.63) is 34.9 Å². The first-order chi connectivity index (χ1) is 10.5. The maximum absolute atomic E-state index is 12.7. The number of fused-ring (bicyclic) bond motifs is 1. The van der Waals surface area contributed by atoms with Crippen LogP contribution in [0.2, 0.25) is 5.02 Å². The molecule has 3 atom stereocenters. The zero-order chi connectivity index (χ0) is 15.7. The van der Waals surface area contributed by atoms with Crippen molar-refractivity contribution in [2.24, 2.45) is 5.92 Å². The summed E-state index contributed by atoms with van der Waals surface area (Å²) in [6.45, 7) is 5.85. The molecular formula is C16H24Cl2N4O. The lowest BCUT2D eigenvalue weighted by atomic mass is 9.88. The second kappa shape index (κ2) is 7.36. The average molecular weight is 359 g/mol. The molecule has 3 rings (SSSR count). The first-order valence-corrected chi connectivity index (χ1v) is 8.15. The number of amides is 1. The van der Waals surface area contributed by atoms with E-state index < -0.39 is 5.54 Å². The van der Waals surface area contributed by atoms with E-state index in [1.165, 1.54) is 0 Å². The van der Waals surface area contributed by atoms with Gasteiger partial charge in [-0.3, -0.25) is 10.2 Å². The number of halogens is 2. The number of benzene rings is 1. The largest absolute Gasteiger partial charge is 0.346 e. The highest BCUT2D eigenvalue weighted by Crippen LogP contribution is 2.25. The number of rotatable bonds is 3. The number of nitrogens with one attached hydrogen (secondary N) is 4. The molecule has 2 saturated heterocycles. The molecule has 2 heterocycles. The molecule has 7 heteroatoms. The molecule has 2 fully saturated rings. The summed E-state index contributed by atoms with van der Waals surface area (Å²) in [6.07, 6.45) is 1.04. The molecule has 0 saturated carbocycles. The zero-order valence-corrected chi connectivity index (χ0v) is 14.9. The van der Waals surface area contributed by atoms with Gasteiger partial charge in [-0.05, 0) is 44.5 Å². The highest BCUT2D eigenvalue weighted by atomic mass is 35.5. The summed E-state index contributed by atoms with van der Waals surface area (Å²) in [4.78, 5) is 12.7. The average Bonchev–Trinajstić information content (AvgIpc) is 2.91. The molecule has 0 spiro atoms. The standard InChI is InChI=1S/C16H23ClN4O.ClH/c1-16(2,10-4-3-5-11(17)8-10)19-15(22)14-12-9-18-7-6-13(12)20-21-14;/h3-5,8,12-14,18,20-21H,6-7,9H2,1-2H3,(H,19,22);1H. The number of piperidine rings is 1. The van der Waals surface area contributed by atoms with E-state index in [-0.39, 0.29) is 30.3 Å². The van der Waals surface area contributed by atoms with E-state index in [1.54, 1.807) is 0 Å². The van der Waals surface area contributed by atoms with Crippen LogP contribution in [0.15, 0.2) is 24.3 Å². The first kappa shape index (κ1) is 18.5. The molecule has 4 N–H and O–H groups in total. The van der Waals surface area contributed by atoms with Crippen molar-refractivity contribution in [1.29, 1.82) is 0 Å². The Morgan fingerprint density at radius 3 is 2.87 bits per heavy atom. The molecule has 0 radical (unpaired) electrons. The number of carbonyl (C=O) groups is 1. The molecule has 2 aliphatic heterocycles. The van der Waals surface area contributed by atoms with Gasteiger partial charge in [0.1, 0.15) is 6.04 Å². The summed E-state index contributed by atoms with van der Waals surface area (Å²) in [6, 6.07) is 7.78. The third-order valence-corrected chi connectivity index (χ3v) is 4.88. The van der Waals surface area contributed by atoms with Gasteiger partial charge in [0.05, 0.1) is 5.54 Å². The fraction of sp³-hybridized carbons (Fsp3) is 0.562. The molecule has 1 aromatic carbocycles. The summed E-state index contributed by atoms with van der Waals surface area (Å²) in [5.41, 5.74) is 6.94. The summed E-state index contributed by atoms with van der Waals surface area (Å²) in [5, 5.41) is 7.19. The van der Waals surface area contributed by atoms with Gasteiger partial charge in [0, 0.05) is 23.5 Å². The molecule has 2 aliphatic rings. The number of hydrogen-bond donors (Lipinski definition) is 4. The van der Waals surface area contributed by atoms with Gasteiger partial charge < -0.3 is 10.6 Å². The van der Waals surface area contributed by atoms with E-state index in [0.717, 1.165) is 25.1 Å². The minimum atomic E-state index is -0.468. The summed E-state index contributed by atoms with van der Waals surface area (Å²) >= 11 is 6.06. The lowest BCUT2D eigenvalue weighted by Gasteiger charge is -2.31. The first-order valence-electron chi connectivity index (χ1n) is 7.77. The third-order valence-electron chi connectivity index (χ3n) is 4.65. The van der Waals surface area contributed by atoms with Crippen LogP contribution >= 0.6 is 24.0 Å². The zero-order valence-electron chi connectivity index (χ0n) is 13.4. The van der Waals surface area contributed by atoms with Crippen LogP contribution in [0.25, 0.3) is 0 Å².